The molecular formula is C22H32IN6O3P. The van der Waals surface area contributed by atoms with Gasteiger partial charge in [0.2, 0.25) is 5.91 Å². The molecular weight excluding hydrogens is 554 g/mol. The average molecular weight is 586 g/mol. The van der Waals surface area contributed by atoms with Gasteiger partial charge in [0.25, 0.3) is 0 Å². The number of benzene rings is 1. The van der Waals surface area contributed by atoms with Crippen molar-refractivity contribution in [3.05, 3.63) is 36.4 Å². The summed E-state index contributed by atoms with van der Waals surface area (Å²) in [5, 5.41) is 13.4. The normalized spacial score (nSPS) is 11.8. The van der Waals surface area contributed by atoms with Gasteiger partial charge in [-0.1, -0.05) is 25.5 Å². The lowest BCUT2D eigenvalue weighted by Gasteiger charge is -2.23. The Balaban J connectivity index is 2.27. The minimum atomic E-state index is -0.587. The van der Waals surface area contributed by atoms with Crippen molar-refractivity contribution >= 4 is 57.9 Å². The fourth-order valence-electron chi connectivity index (χ4n) is 2.88. The number of rotatable bonds is 10. The van der Waals surface area contributed by atoms with Crippen LogP contribution in [0.25, 0.3) is 11.8 Å². The van der Waals surface area contributed by atoms with Crippen LogP contribution in [0.5, 0.6) is 0 Å². The SMILES string of the molecule is CCC/C=C/c1c(NC(=O)CCNC(=O)OC(C)(C)C)cc(-n2cnnc2)cc1N(C)PI. The number of hydrogen-bond acceptors (Lipinski definition) is 6. The van der Waals surface area contributed by atoms with Crippen LogP contribution in [0.4, 0.5) is 16.2 Å². The quantitative estimate of drug-likeness (QED) is 0.289. The highest BCUT2D eigenvalue weighted by atomic mass is 127. The van der Waals surface area contributed by atoms with Crippen molar-refractivity contribution in [1.29, 1.82) is 0 Å². The maximum absolute atomic E-state index is 12.7. The van der Waals surface area contributed by atoms with Crippen molar-refractivity contribution in [2.75, 3.05) is 23.6 Å². The van der Waals surface area contributed by atoms with Crippen molar-refractivity contribution in [2.24, 2.45) is 0 Å². The van der Waals surface area contributed by atoms with E-state index in [9.17, 15) is 9.59 Å². The fourth-order valence-corrected chi connectivity index (χ4v) is 3.94. The summed E-state index contributed by atoms with van der Waals surface area (Å²) in [6, 6.07) is 3.96. The third-order valence-electron chi connectivity index (χ3n) is 4.38. The summed E-state index contributed by atoms with van der Waals surface area (Å²) in [5.74, 6) is -0.206. The lowest BCUT2D eigenvalue weighted by Crippen LogP contribution is -2.34. The first kappa shape index (κ1) is 27.0. The number of nitrogens with zero attached hydrogens (tertiary/aromatic N) is 4. The Hall–Kier alpha value is -2.20. The molecule has 2 N–H and O–H groups in total. The molecule has 1 aromatic carbocycles. The zero-order valence-corrected chi connectivity index (χ0v) is 22.8. The average Bonchev–Trinajstić information content (AvgIpc) is 3.27. The number of alkyl carbamates (subject to hydrolysis) is 1. The van der Waals surface area contributed by atoms with Gasteiger partial charge >= 0.3 is 6.09 Å². The summed E-state index contributed by atoms with van der Waals surface area (Å²) in [7, 11) is 2.02. The molecule has 0 aliphatic carbocycles. The van der Waals surface area contributed by atoms with Crippen molar-refractivity contribution in [3.63, 3.8) is 0 Å². The number of carbonyl (C=O) groups is 2. The monoisotopic (exact) mass is 586 g/mol. The molecule has 0 bridgehead atoms. The molecule has 0 spiro atoms. The van der Waals surface area contributed by atoms with E-state index in [0.717, 1.165) is 29.8 Å². The Morgan fingerprint density at radius 1 is 1.27 bits per heavy atom. The number of ether oxygens (including phenoxy) is 1. The third kappa shape index (κ3) is 8.92. The van der Waals surface area contributed by atoms with Crippen LogP contribution in [-0.4, -0.2) is 46.0 Å². The van der Waals surface area contributed by atoms with Gasteiger partial charge in [-0.2, -0.15) is 0 Å². The summed E-state index contributed by atoms with van der Waals surface area (Å²) in [5.41, 5.74) is 2.86. The van der Waals surface area contributed by atoms with E-state index in [1.807, 2.05) is 13.1 Å². The molecule has 1 unspecified atom stereocenters. The van der Waals surface area contributed by atoms with Crippen molar-refractivity contribution < 1.29 is 14.3 Å². The van der Waals surface area contributed by atoms with E-state index in [0.29, 0.717) is 12.1 Å². The minimum Gasteiger partial charge on any atom is -0.444 e. The minimum absolute atomic E-state index is 0.118. The number of amides is 2. The second kappa shape index (κ2) is 12.9. The molecule has 0 aliphatic rings. The molecule has 2 rings (SSSR count). The molecule has 1 aromatic heterocycles. The highest BCUT2D eigenvalue weighted by molar-refractivity contribution is 14.2. The number of allylic oxidation sites excluding steroid dienone is 1. The maximum atomic E-state index is 12.7. The van der Waals surface area contributed by atoms with Crippen molar-refractivity contribution in [2.45, 2.75) is 52.6 Å². The molecule has 0 fully saturated rings. The molecule has 9 nitrogen and oxygen atoms in total. The number of nitrogens with one attached hydrogen (secondary N) is 2. The molecule has 2 aromatic rings. The highest BCUT2D eigenvalue weighted by Gasteiger charge is 2.17. The Labute approximate surface area is 210 Å². The summed E-state index contributed by atoms with van der Waals surface area (Å²) < 4.78 is 9.15. The van der Waals surface area contributed by atoms with Crippen LogP contribution in [0.3, 0.4) is 0 Å². The molecule has 2 amide bonds. The zero-order valence-electron chi connectivity index (χ0n) is 19.7. The van der Waals surface area contributed by atoms with E-state index >= 15 is 0 Å². The number of aromatic nitrogens is 3. The maximum Gasteiger partial charge on any atom is 0.407 e. The predicted molar refractivity (Wildman–Crippen MR) is 144 cm³/mol. The lowest BCUT2D eigenvalue weighted by atomic mass is 10.1. The number of carbonyl (C=O) groups excluding carboxylic acids is 2. The topological polar surface area (TPSA) is 101 Å². The Morgan fingerprint density at radius 2 is 1.97 bits per heavy atom. The molecule has 33 heavy (non-hydrogen) atoms. The summed E-state index contributed by atoms with van der Waals surface area (Å²) in [6.45, 7) is 7.68. The van der Waals surface area contributed by atoms with Gasteiger partial charge in [-0.05, 0) is 61.4 Å². The van der Waals surface area contributed by atoms with Crippen LogP contribution in [0.1, 0.15) is 52.5 Å². The summed E-state index contributed by atoms with van der Waals surface area (Å²) in [6.07, 6.45) is 9.47. The van der Waals surface area contributed by atoms with Crippen molar-refractivity contribution in [1.82, 2.24) is 20.1 Å². The predicted octanol–water partition coefficient (Wildman–Crippen LogP) is 5.31. The molecule has 11 heteroatoms. The van der Waals surface area contributed by atoms with E-state index in [1.54, 1.807) is 38.0 Å². The molecule has 0 aliphatic heterocycles. The van der Waals surface area contributed by atoms with Crippen molar-refractivity contribution in [3.8, 4) is 5.69 Å². The number of anilines is 2. The number of halogens is 1. The molecule has 1 heterocycles. The number of hydrogen-bond donors (Lipinski definition) is 2. The van der Waals surface area contributed by atoms with E-state index in [2.05, 4.69) is 72.7 Å². The van der Waals surface area contributed by atoms with Crippen LogP contribution >= 0.6 is 28.4 Å². The van der Waals surface area contributed by atoms with Gasteiger partial charge in [0.1, 0.15) is 18.3 Å². The second-order valence-electron chi connectivity index (χ2n) is 8.36. The second-order valence-corrected chi connectivity index (χ2v) is 10.6. The standard InChI is InChI=1S/C22H32IN6O3P/c1-6-7-8-9-17-18(27-20(30)10-11-24-21(31)32-22(2,3)4)12-16(29-14-25-26-15-29)13-19(17)28(5)33-23/h8-9,12-15,33H,6-7,10-11H2,1-5H3,(H,24,31)(H,27,30)/b9-8+. The van der Waals surface area contributed by atoms with E-state index in [4.69, 9.17) is 4.74 Å². The third-order valence-corrected chi connectivity index (χ3v) is 7.05. The van der Waals surface area contributed by atoms with E-state index in [-0.39, 0.29) is 18.9 Å². The first-order chi connectivity index (χ1) is 15.6. The molecule has 1 atom stereocenters. The highest BCUT2D eigenvalue weighted by Crippen LogP contribution is 2.39. The molecule has 0 radical (unpaired) electrons. The van der Waals surface area contributed by atoms with Gasteiger partial charge in [0.15, 0.2) is 0 Å². The van der Waals surface area contributed by atoms with Gasteiger partial charge in [-0.15, -0.1) is 10.2 Å². The summed E-state index contributed by atoms with van der Waals surface area (Å²) in [4.78, 5) is 24.6. The largest absolute Gasteiger partial charge is 0.444 e. The van der Waals surface area contributed by atoms with Gasteiger partial charge in [0.05, 0.1) is 17.1 Å². The van der Waals surface area contributed by atoms with Gasteiger partial charge < -0.3 is 20.0 Å². The van der Waals surface area contributed by atoms with E-state index in [1.165, 1.54) is 0 Å². The molecule has 0 saturated heterocycles. The fraction of sp³-hybridized carbons (Fsp3) is 0.455. The Kier molecular flexibility index (Phi) is 10.6. The zero-order chi connectivity index (χ0) is 24.4. The molecule has 180 valence electrons. The van der Waals surface area contributed by atoms with Crippen LogP contribution in [-0.2, 0) is 9.53 Å². The van der Waals surface area contributed by atoms with Gasteiger partial charge in [-0.3, -0.25) is 9.36 Å². The van der Waals surface area contributed by atoms with Crippen LogP contribution < -0.4 is 15.3 Å². The number of unbranched alkanes of at least 4 members (excludes halogenated alkanes) is 1. The summed E-state index contributed by atoms with van der Waals surface area (Å²) >= 11 is 2.33. The Morgan fingerprint density at radius 3 is 2.58 bits per heavy atom. The lowest BCUT2D eigenvalue weighted by molar-refractivity contribution is -0.116. The first-order valence-corrected chi connectivity index (χ1v) is 14.8. The van der Waals surface area contributed by atoms with Crippen LogP contribution in [0.15, 0.2) is 30.9 Å². The smallest absolute Gasteiger partial charge is 0.407 e. The van der Waals surface area contributed by atoms with E-state index < -0.39 is 11.7 Å². The first-order valence-electron chi connectivity index (χ1n) is 10.7. The van der Waals surface area contributed by atoms with Crippen LogP contribution in [0.2, 0.25) is 0 Å². The van der Waals surface area contributed by atoms with Crippen LogP contribution in [0, 0.1) is 0 Å². The van der Waals surface area contributed by atoms with Gasteiger partial charge in [-0.25, -0.2) is 4.79 Å². The van der Waals surface area contributed by atoms with Gasteiger partial charge in [0, 0.05) is 32.0 Å². The Bertz CT molecular complexity index is 960. The molecule has 0 saturated carbocycles.